The molecular formula is C20H35IN4O. The average Bonchev–Trinajstić information content (AvgIpc) is 2.63. The Morgan fingerprint density at radius 1 is 1.19 bits per heavy atom. The van der Waals surface area contributed by atoms with Crippen molar-refractivity contribution in [1.82, 2.24) is 15.5 Å². The molecule has 148 valence electrons. The van der Waals surface area contributed by atoms with Crippen molar-refractivity contribution in [2.24, 2.45) is 16.8 Å². The number of aliphatic imine (C=N–C) groups is 1. The van der Waals surface area contributed by atoms with Gasteiger partial charge in [0.1, 0.15) is 5.75 Å². The van der Waals surface area contributed by atoms with Crippen molar-refractivity contribution in [2.75, 3.05) is 40.3 Å². The Morgan fingerprint density at radius 2 is 1.85 bits per heavy atom. The molecular weight excluding hydrogens is 439 g/mol. The minimum absolute atomic E-state index is 0. The van der Waals surface area contributed by atoms with E-state index in [1.807, 2.05) is 19.2 Å². The monoisotopic (exact) mass is 474 g/mol. The Kier molecular flexibility index (Phi) is 11.0. The highest BCUT2D eigenvalue weighted by molar-refractivity contribution is 14.0. The zero-order valence-corrected chi connectivity index (χ0v) is 19.0. The van der Waals surface area contributed by atoms with Gasteiger partial charge in [0.2, 0.25) is 0 Å². The third kappa shape index (κ3) is 8.12. The van der Waals surface area contributed by atoms with Crippen LogP contribution in [0.3, 0.4) is 0 Å². The number of rotatable bonds is 7. The van der Waals surface area contributed by atoms with Crippen LogP contribution in [0.5, 0.6) is 5.75 Å². The zero-order valence-electron chi connectivity index (χ0n) is 16.6. The fraction of sp³-hybridized carbons (Fsp3) is 0.650. The molecule has 26 heavy (non-hydrogen) atoms. The molecule has 0 saturated carbocycles. The third-order valence-corrected chi connectivity index (χ3v) is 4.73. The van der Waals surface area contributed by atoms with Gasteiger partial charge in [-0.05, 0) is 55.5 Å². The van der Waals surface area contributed by atoms with Gasteiger partial charge in [-0.25, -0.2) is 0 Å². The third-order valence-electron chi connectivity index (χ3n) is 4.73. The Morgan fingerprint density at radius 3 is 2.38 bits per heavy atom. The number of methoxy groups -OCH3 is 1. The van der Waals surface area contributed by atoms with Crippen molar-refractivity contribution >= 4 is 29.9 Å². The summed E-state index contributed by atoms with van der Waals surface area (Å²) in [5.74, 6) is 3.20. The molecule has 0 amide bonds. The van der Waals surface area contributed by atoms with Gasteiger partial charge in [0, 0.05) is 26.7 Å². The number of likely N-dealkylation sites (tertiary alicyclic amines) is 1. The number of piperidine rings is 1. The second-order valence-corrected chi connectivity index (χ2v) is 7.30. The highest BCUT2D eigenvalue weighted by atomic mass is 127. The van der Waals surface area contributed by atoms with E-state index in [-0.39, 0.29) is 24.0 Å². The minimum Gasteiger partial charge on any atom is -0.497 e. The fourth-order valence-corrected chi connectivity index (χ4v) is 3.10. The first-order valence-corrected chi connectivity index (χ1v) is 9.40. The second kappa shape index (κ2) is 12.4. The van der Waals surface area contributed by atoms with Crippen molar-refractivity contribution < 1.29 is 4.74 Å². The average molecular weight is 474 g/mol. The van der Waals surface area contributed by atoms with E-state index in [1.165, 1.54) is 18.4 Å². The van der Waals surface area contributed by atoms with Crippen molar-refractivity contribution in [2.45, 2.75) is 33.2 Å². The second-order valence-electron chi connectivity index (χ2n) is 7.30. The van der Waals surface area contributed by atoms with E-state index in [9.17, 15) is 0 Å². The summed E-state index contributed by atoms with van der Waals surface area (Å²) < 4.78 is 5.22. The smallest absolute Gasteiger partial charge is 0.190 e. The molecule has 1 saturated heterocycles. The summed E-state index contributed by atoms with van der Waals surface area (Å²) in [6, 6.07) is 8.41. The quantitative estimate of drug-likeness (QED) is 0.362. The van der Waals surface area contributed by atoms with E-state index < -0.39 is 0 Å². The van der Waals surface area contributed by atoms with Crippen LogP contribution in [0.15, 0.2) is 29.3 Å². The fourth-order valence-electron chi connectivity index (χ4n) is 3.10. The number of benzene rings is 1. The Bertz CT molecular complexity index is 525. The van der Waals surface area contributed by atoms with Crippen LogP contribution in [0, 0.1) is 11.8 Å². The van der Waals surface area contributed by atoms with Gasteiger partial charge in [-0.15, -0.1) is 24.0 Å². The molecule has 0 spiro atoms. The Balaban J connectivity index is 0.00000338. The van der Waals surface area contributed by atoms with Crippen LogP contribution >= 0.6 is 24.0 Å². The maximum absolute atomic E-state index is 5.22. The molecule has 0 bridgehead atoms. The van der Waals surface area contributed by atoms with Crippen LogP contribution in [0.4, 0.5) is 0 Å². The maximum atomic E-state index is 5.22. The number of nitrogens with zero attached hydrogens (tertiary/aromatic N) is 2. The summed E-state index contributed by atoms with van der Waals surface area (Å²) >= 11 is 0. The summed E-state index contributed by atoms with van der Waals surface area (Å²) in [5, 5.41) is 6.86. The van der Waals surface area contributed by atoms with Crippen molar-refractivity contribution in [3.8, 4) is 5.75 Å². The first-order chi connectivity index (χ1) is 12.1. The van der Waals surface area contributed by atoms with Crippen LogP contribution < -0.4 is 15.4 Å². The van der Waals surface area contributed by atoms with Crippen LogP contribution in [0.2, 0.25) is 0 Å². The SMILES string of the molecule is CN=C(NCC(C)C)NCC1CCN(Cc2ccc(OC)cc2)CC1.I. The van der Waals surface area contributed by atoms with Gasteiger partial charge in [-0.2, -0.15) is 0 Å². The molecule has 0 radical (unpaired) electrons. The van der Waals surface area contributed by atoms with Crippen LogP contribution in [0.1, 0.15) is 32.3 Å². The Hall–Kier alpha value is -1.02. The van der Waals surface area contributed by atoms with Crippen LogP contribution in [0.25, 0.3) is 0 Å². The molecule has 2 rings (SSSR count). The van der Waals surface area contributed by atoms with E-state index in [0.717, 1.165) is 50.4 Å². The summed E-state index contributed by atoms with van der Waals surface area (Å²) in [6.45, 7) is 9.74. The molecule has 1 aliphatic rings. The van der Waals surface area contributed by atoms with Gasteiger partial charge in [0.25, 0.3) is 0 Å². The lowest BCUT2D eigenvalue weighted by Gasteiger charge is -2.32. The maximum Gasteiger partial charge on any atom is 0.190 e. The lowest BCUT2D eigenvalue weighted by molar-refractivity contribution is 0.178. The summed E-state index contributed by atoms with van der Waals surface area (Å²) in [4.78, 5) is 6.85. The lowest BCUT2D eigenvalue weighted by Crippen LogP contribution is -2.43. The number of hydrogen-bond acceptors (Lipinski definition) is 3. The first-order valence-electron chi connectivity index (χ1n) is 9.40. The zero-order chi connectivity index (χ0) is 18.1. The molecule has 1 fully saturated rings. The van der Waals surface area contributed by atoms with Gasteiger partial charge in [0.05, 0.1) is 7.11 Å². The van der Waals surface area contributed by atoms with Gasteiger partial charge in [-0.3, -0.25) is 9.89 Å². The summed E-state index contributed by atoms with van der Waals surface area (Å²) in [6.07, 6.45) is 2.48. The normalized spacial score (nSPS) is 16.3. The van der Waals surface area contributed by atoms with Gasteiger partial charge in [0.15, 0.2) is 5.96 Å². The number of ether oxygens (including phenoxy) is 1. The van der Waals surface area contributed by atoms with Gasteiger partial charge >= 0.3 is 0 Å². The van der Waals surface area contributed by atoms with E-state index in [0.29, 0.717) is 5.92 Å². The molecule has 0 aromatic heterocycles. The first kappa shape index (κ1) is 23.0. The molecule has 0 aliphatic carbocycles. The van der Waals surface area contributed by atoms with Crippen molar-refractivity contribution in [3.05, 3.63) is 29.8 Å². The van der Waals surface area contributed by atoms with Crippen LogP contribution in [-0.2, 0) is 6.54 Å². The van der Waals surface area contributed by atoms with Crippen LogP contribution in [-0.4, -0.2) is 51.2 Å². The molecule has 0 atom stereocenters. The molecule has 1 aliphatic heterocycles. The number of nitrogens with one attached hydrogen (secondary N) is 2. The molecule has 1 aromatic rings. The van der Waals surface area contributed by atoms with E-state index >= 15 is 0 Å². The molecule has 1 heterocycles. The number of guanidine groups is 1. The predicted octanol–water partition coefficient (Wildman–Crippen LogP) is 3.35. The van der Waals surface area contributed by atoms with E-state index in [4.69, 9.17) is 4.74 Å². The molecule has 1 aromatic carbocycles. The highest BCUT2D eigenvalue weighted by Crippen LogP contribution is 2.19. The number of halogens is 1. The summed E-state index contributed by atoms with van der Waals surface area (Å²) in [5.41, 5.74) is 1.36. The Labute approximate surface area is 176 Å². The van der Waals surface area contributed by atoms with Gasteiger partial charge in [-0.1, -0.05) is 26.0 Å². The molecule has 2 N–H and O–H groups in total. The standard InChI is InChI=1S/C20H34N4O.HI/c1-16(2)13-22-20(21-3)23-14-17-9-11-24(12-10-17)15-18-5-7-19(25-4)8-6-18;/h5-8,16-17H,9-15H2,1-4H3,(H2,21,22,23);1H. The molecule has 0 unspecified atom stereocenters. The van der Waals surface area contributed by atoms with E-state index in [2.05, 4.69) is 46.5 Å². The highest BCUT2D eigenvalue weighted by Gasteiger charge is 2.19. The molecule has 6 heteroatoms. The largest absolute Gasteiger partial charge is 0.497 e. The molecule has 5 nitrogen and oxygen atoms in total. The number of hydrogen-bond donors (Lipinski definition) is 2. The van der Waals surface area contributed by atoms with Crippen molar-refractivity contribution in [1.29, 1.82) is 0 Å². The topological polar surface area (TPSA) is 48.9 Å². The van der Waals surface area contributed by atoms with Crippen molar-refractivity contribution in [3.63, 3.8) is 0 Å². The lowest BCUT2D eigenvalue weighted by atomic mass is 9.96. The van der Waals surface area contributed by atoms with E-state index in [1.54, 1.807) is 7.11 Å². The van der Waals surface area contributed by atoms with Gasteiger partial charge < -0.3 is 15.4 Å². The summed E-state index contributed by atoms with van der Waals surface area (Å²) in [7, 11) is 3.55. The minimum atomic E-state index is 0. The predicted molar refractivity (Wildman–Crippen MR) is 121 cm³/mol.